The summed E-state index contributed by atoms with van der Waals surface area (Å²) >= 11 is 0. The van der Waals surface area contributed by atoms with E-state index in [-0.39, 0.29) is 70.9 Å². The van der Waals surface area contributed by atoms with E-state index >= 15 is 0 Å². The molecule has 0 atom stereocenters. The molecule has 0 aliphatic heterocycles. The summed E-state index contributed by atoms with van der Waals surface area (Å²) in [6, 6.07) is 6.66. The number of hydrogen-bond donors (Lipinski definition) is 0. The van der Waals surface area contributed by atoms with Crippen molar-refractivity contribution in [2.45, 2.75) is 6.92 Å². The van der Waals surface area contributed by atoms with Gasteiger partial charge in [0.2, 0.25) is 0 Å². The van der Waals surface area contributed by atoms with E-state index in [1.165, 1.54) is 0 Å². The molecule has 68 valence electrons. The maximum absolute atomic E-state index is 10.3. The van der Waals surface area contributed by atoms with Crippen molar-refractivity contribution in [3.8, 4) is 0 Å². The van der Waals surface area contributed by atoms with E-state index in [1.54, 1.807) is 24.3 Å². The first-order chi connectivity index (χ1) is 4.70. The molecule has 0 saturated heterocycles. The van der Waals surface area contributed by atoms with Crippen molar-refractivity contribution in [2.75, 3.05) is 0 Å². The van der Waals surface area contributed by atoms with Crippen LogP contribution in [0.1, 0.15) is 5.56 Å². The largest absolute Gasteiger partial charge is 2.00 e. The normalized spacial score (nSPS) is 6.79. The molecular weight excluding hydrogens is 246 g/mol. The molecule has 0 radical (unpaired) electrons. The molecule has 0 aromatic heterocycles. The Morgan fingerprint density at radius 2 is 1.29 bits per heavy atom. The molecule has 0 aliphatic rings. The number of hydrogen-bond acceptors (Lipinski definition) is 2. The van der Waals surface area contributed by atoms with Gasteiger partial charge in [0, 0.05) is 0 Å². The van der Waals surface area contributed by atoms with Crippen LogP contribution in [-0.4, -0.2) is 53.2 Å². The molecule has 1 rings (SSSR count). The Hall–Kier alpha value is 1.32. The van der Waals surface area contributed by atoms with Gasteiger partial charge >= 0.3 is 46.1 Å². The maximum Gasteiger partial charge on any atom is 2.00 e. The van der Waals surface area contributed by atoms with Crippen LogP contribution in [0, 0.1) is 6.92 Å². The Morgan fingerprint density at radius 1 is 0.929 bits per heavy atom. The third-order valence-corrected chi connectivity index (χ3v) is 1.35. The molecule has 1 aromatic carbocycles. The Bertz CT molecular complexity index is 221. The van der Waals surface area contributed by atoms with Crippen LogP contribution in [-0.2, 0) is 0 Å². The summed E-state index contributed by atoms with van der Waals surface area (Å²) in [6.07, 6.45) is 0. The first-order valence-electron chi connectivity index (χ1n) is 3.08. The molecule has 0 N–H and O–H groups in total. The van der Waals surface area contributed by atoms with Gasteiger partial charge in [-0.25, -0.2) is 0 Å². The molecule has 0 unspecified atom stereocenters. The van der Waals surface area contributed by atoms with Crippen LogP contribution in [0.2, 0.25) is 0 Å². The van der Waals surface area contributed by atoms with E-state index in [1.807, 2.05) is 6.92 Å². The van der Waals surface area contributed by atoms with E-state index in [0.717, 1.165) is 5.56 Å². The minimum absolute atomic E-state index is 0. The molecule has 2 nitrogen and oxygen atoms in total. The van der Waals surface area contributed by atoms with Gasteiger partial charge in [0.1, 0.15) is 0 Å². The van der Waals surface area contributed by atoms with Crippen molar-refractivity contribution in [3.05, 3.63) is 29.8 Å². The van der Waals surface area contributed by atoms with Crippen molar-refractivity contribution in [1.29, 1.82) is 0 Å². The van der Waals surface area contributed by atoms with Gasteiger partial charge in [0.05, 0.1) is 0 Å². The maximum atomic E-state index is 10.3. The number of benzene rings is 1. The Morgan fingerprint density at radius 3 is 1.57 bits per heavy atom. The van der Waals surface area contributed by atoms with Gasteiger partial charge in [0.25, 0.3) is 0 Å². The van der Waals surface area contributed by atoms with Gasteiger partial charge in [-0.3, -0.25) is 0 Å². The predicted octanol–water partition coefficient (Wildman–Crippen LogP) is -8.34. The summed E-state index contributed by atoms with van der Waals surface area (Å²) in [4.78, 5) is 0. The fourth-order valence-electron chi connectivity index (χ4n) is 0.724. The van der Waals surface area contributed by atoms with Crippen molar-refractivity contribution in [1.82, 2.24) is 0 Å². The molecule has 7 heteroatoms. The molecule has 0 saturated carbocycles. The van der Waals surface area contributed by atoms with Crippen molar-refractivity contribution < 1.29 is 34.9 Å². The van der Waals surface area contributed by atoms with Crippen LogP contribution in [0.5, 0.6) is 0 Å². The second-order valence-corrected chi connectivity index (χ2v) is 2.24. The second-order valence-electron chi connectivity index (χ2n) is 2.24. The third kappa shape index (κ3) is 8.61. The number of aryl methyl sites for hydroxylation is 1. The number of rotatable bonds is 1. The first kappa shape index (κ1) is 24.5. The third-order valence-electron chi connectivity index (χ3n) is 1.35. The topological polar surface area (TPSA) is 46.1 Å². The van der Waals surface area contributed by atoms with Gasteiger partial charge in [0.15, 0.2) is 0 Å². The van der Waals surface area contributed by atoms with Crippen LogP contribution in [0.4, 0.5) is 0 Å². The van der Waals surface area contributed by atoms with E-state index in [4.69, 9.17) is 0 Å². The fraction of sp³-hybridized carbons (Fsp3) is 0.143. The van der Waals surface area contributed by atoms with E-state index in [0.29, 0.717) is 5.46 Å². The Kier molecular flexibility index (Phi) is 21.7. The molecular formula is C7H7BCl2Mg2O2. The Balaban J connectivity index is -0.000000125. The molecule has 0 aliphatic carbocycles. The fourth-order valence-corrected chi connectivity index (χ4v) is 0.724. The summed E-state index contributed by atoms with van der Waals surface area (Å²) in [5, 5.41) is 20.6. The van der Waals surface area contributed by atoms with Crippen LogP contribution in [0.25, 0.3) is 0 Å². The minimum Gasteiger partial charge on any atom is -1.00 e. The zero-order valence-electron chi connectivity index (χ0n) is 7.87. The average Bonchev–Trinajstić information content (AvgIpc) is 1.88. The van der Waals surface area contributed by atoms with Crippen molar-refractivity contribution in [3.63, 3.8) is 0 Å². The van der Waals surface area contributed by atoms with Crippen LogP contribution in [0.15, 0.2) is 24.3 Å². The molecule has 1 aromatic rings. The van der Waals surface area contributed by atoms with Gasteiger partial charge in [-0.1, -0.05) is 36.9 Å². The van der Waals surface area contributed by atoms with Crippen LogP contribution < -0.4 is 40.3 Å². The molecule has 0 spiro atoms. The molecule has 0 heterocycles. The van der Waals surface area contributed by atoms with Crippen molar-refractivity contribution >= 4 is 58.7 Å². The van der Waals surface area contributed by atoms with E-state index < -0.39 is 7.12 Å². The predicted molar refractivity (Wildman–Crippen MR) is 48.1 cm³/mol. The monoisotopic (exact) mass is 252 g/mol. The number of halogens is 2. The smallest absolute Gasteiger partial charge is 1.00 e. The first-order valence-corrected chi connectivity index (χ1v) is 3.08. The summed E-state index contributed by atoms with van der Waals surface area (Å²) in [5.41, 5.74) is 1.37. The standard InChI is InChI=1S/C7H7BO2.2ClH.2Mg/c1-6-2-4-7(5-3-6)8(9)10;;;;/h2-5H,1H3;2*1H;;/q-2;;;2*+2/p-2. The van der Waals surface area contributed by atoms with Gasteiger partial charge in [-0.2, -0.15) is 0 Å². The molecule has 0 bridgehead atoms. The Labute approximate surface area is 129 Å². The van der Waals surface area contributed by atoms with Gasteiger partial charge in [-0.05, 0) is 6.92 Å². The van der Waals surface area contributed by atoms with Crippen molar-refractivity contribution in [2.24, 2.45) is 0 Å². The van der Waals surface area contributed by atoms with E-state index in [9.17, 15) is 10.0 Å². The van der Waals surface area contributed by atoms with E-state index in [2.05, 4.69) is 0 Å². The zero-order chi connectivity index (χ0) is 7.56. The molecule has 0 fully saturated rings. The van der Waals surface area contributed by atoms with Crippen LogP contribution in [0.3, 0.4) is 0 Å². The molecule has 0 amide bonds. The minimum atomic E-state index is -1.85. The average molecular weight is 253 g/mol. The van der Waals surface area contributed by atoms with Gasteiger partial charge < -0.3 is 34.9 Å². The zero-order valence-corrected chi connectivity index (χ0v) is 12.2. The summed E-state index contributed by atoms with van der Waals surface area (Å²) in [7, 11) is -1.85. The summed E-state index contributed by atoms with van der Waals surface area (Å²) in [6.45, 7) is 1.91. The SMILES string of the molecule is Cc1ccc(B([O-])[O-])cc1.[Cl-].[Cl-].[Mg+2].[Mg+2]. The van der Waals surface area contributed by atoms with Gasteiger partial charge in [-0.15, -0.1) is 5.46 Å². The quantitative estimate of drug-likeness (QED) is 0.467. The summed E-state index contributed by atoms with van der Waals surface area (Å²) < 4.78 is 0. The second kappa shape index (κ2) is 12.4. The molecule has 14 heavy (non-hydrogen) atoms. The summed E-state index contributed by atoms with van der Waals surface area (Å²) in [5.74, 6) is 0. The van der Waals surface area contributed by atoms with Crippen LogP contribution >= 0.6 is 0 Å².